The van der Waals surface area contributed by atoms with Crippen LogP contribution in [0, 0.1) is 5.82 Å². The van der Waals surface area contributed by atoms with Crippen molar-refractivity contribution in [2.24, 2.45) is 0 Å². The second kappa shape index (κ2) is 7.35. The van der Waals surface area contributed by atoms with Gasteiger partial charge in [0.25, 0.3) is 0 Å². The summed E-state index contributed by atoms with van der Waals surface area (Å²) in [5.41, 5.74) is 6.78. The van der Waals surface area contributed by atoms with E-state index in [4.69, 9.17) is 22.1 Å². The molecular formula is C12H18ClFN2O. The summed E-state index contributed by atoms with van der Waals surface area (Å²) in [5.74, 6) is -0.456. The molecule has 0 aliphatic heterocycles. The van der Waals surface area contributed by atoms with Crippen LogP contribution in [-0.4, -0.2) is 20.3 Å². The molecule has 5 heteroatoms. The van der Waals surface area contributed by atoms with Gasteiger partial charge in [0.15, 0.2) is 0 Å². The van der Waals surface area contributed by atoms with Crippen LogP contribution in [0.5, 0.6) is 0 Å². The Morgan fingerprint density at radius 1 is 1.35 bits per heavy atom. The number of rotatable bonds is 7. The van der Waals surface area contributed by atoms with Gasteiger partial charge < -0.3 is 15.8 Å². The van der Waals surface area contributed by atoms with E-state index in [2.05, 4.69) is 5.32 Å². The first kappa shape index (κ1) is 14.1. The average Bonchev–Trinajstić information content (AvgIpc) is 2.30. The van der Waals surface area contributed by atoms with Gasteiger partial charge in [0, 0.05) is 26.3 Å². The summed E-state index contributed by atoms with van der Waals surface area (Å²) in [6, 6.07) is 2.75. The molecule has 0 fully saturated rings. The number of unbranched alkanes of at least 4 members (excludes halogenated alkanes) is 2. The molecule has 0 radical (unpaired) electrons. The number of hydrogen-bond donors (Lipinski definition) is 2. The summed E-state index contributed by atoms with van der Waals surface area (Å²) >= 11 is 5.61. The predicted octanol–water partition coefficient (Wildman–Crippen LogP) is 3.29. The van der Waals surface area contributed by atoms with Crippen LogP contribution in [0.25, 0.3) is 0 Å². The molecular weight excluding hydrogens is 243 g/mol. The maximum atomic E-state index is 13.2. The van der Waals surface area contributed by atoms with E-state index in [-0.39, 0.29) is 5.02 Å². The molecule has 0 atom stereocenters. The molecule has 0 amide bonds. The van der Waals surface area contributed by atoms with Crippen molar-refractivity contribution in [1.29, 1.82) is 0 Å². The smallest absolute Gasteiger partial charge is 0.143 e. The molecule has 3 nitrogen and oxygen atoms in total. The van der Waals surface area contributed by atoms with Gasteiger partial charge in [-0.05, 0) is 25.3 Å². The molecule has 0 saturated carbocycles. The van der Waals surface area contributed by atoms with Gasteiger partial charge in [0.05, 0.1) is 16.4 Å². The van der Waals surface area contributed by atoms with E-state index < -0.39 is 5.82 Å². The SMILES string of the molecule is COCCCCCNc1cc(F)c(Cl)cc1N. The topological polar surface area (TPSA) is 47.3 Å². The zero-order valence-electron chi connectivity index (χ0n) is 9.93. The number of halogens is 2. The molecule has 0 bridgehead atoms. The van der Waals surface area contributed by atoms with Crippen LogP contribution < -0.4 is 11.1 Å². The van der Waals surface area contributed by atoms with Crippen LogP contribution in [0.4, 0.5) is 15.8 Å². The van der Waals surface area contributed by atoms with Crippen molar-refractivity contribution >= 4 is 23.0 Å². The lowest BCUT2D eigenvalue weighted by molar-refractivity contribution is 0.192. The minimum Gasteiger partial charge on any atom is -0.397 e. The Hall–Kier alpha value is -1.00. The van der Waals surface area contributed by atoms with Gasteiger partial charge in [-0.3, -0.25) is 0 Å². The Labute approximate surface area is 106 Å². The normalized spacial score (nSPS) is 10.5. The fraction of sp³-hybridized carbons (Fsp3) is 0.500. The van der Waals surface area contributed by atoms with Crippen molar-refractivity contribution in [2.75, 3.05) is 31.3 Å². The molecule has 0 heterocycles. The number of methoxy groups -OCH3 is 1. The van der Waals surface area contributed by atoms with Crippen molar-refractivity contribution in [3.63, 3.8) is 0 Å². The van der Waals surface area contributed by atoms with Crippen LogP contribution in [0.2, 0.25) is 5.02 Å². The molecule has 96 valence electrons. The van der Waals surface area contributed by atoms with E-state index in [1.165, 1.54) is 12.1 Å². The summed E-state index contributed by atoms with van der Waals surface area (Å²) in [5, 5.41) is 3.14. The Morgan fingerprint density at radius 3 is 2.82 bits per heavy atom. The van der Waals surface area contributed by atoms with Crippen LogP contribution in [0.1, 0.15) is 19.3 Å². The Kier molecular flexibility index (Phi) is 6.08. The first-order valence-corrected chi connectivity index (χ1v) is 6.00. The number of nitrogens with one attached hydrogen (secondary N) is 1. The number of nitrogen functional groups attached to an aromatic ring is 1. The molecule has 0 spiro atoms. The van der Waals surface area contributed by atoms with Gasteiger partial charge in [-0.1, -0.05) is 11.6 Å². The predicted molar refractivity (Wildman–Crippen MR) is 70.0 cm³/mol. The Balaban J connectivity index is 2.34. The Bertz CT molecular complexity index is 361. The van der Waals surface area contributed by atoms with E-state index >= 15 is 0 Å². The lowest BCUT2D eigenvalue weighted by Gasteiger charge is -2.10. The number of hydrogen-bond acceptors (Lipinski definition) is 3. The highest BCUT2D eigenvalue weighted by Crippen LogP contribution is 2.25. The molecule has 0 aliphatic carbocycles. The van der Waals surface area contributed by atoms with Crippen molar-refractivity contribution < 1.29 is 9.13 Å². The van der Waals surface area contributed by atoms with Crippen LogP contribution in [0.15, 0.2) is 12.1 Å². The highest BCUT2D eigenvalue weighted by atomic mass is 35.5. The number of anilines is 2. The third-order valence-corrected chi connectivity index (χ3v) is 2.72. The van der Waals surface area contributed by atoms with Crippen molar-refractivity contribution in [3.05, 3.63) is 23.0 Å². The third-order valence-electron chi connectivity index (χ3n) is 2.43. The minimum atomic E-state index is -0.456. The monoisotopic (exact) mass is 260 g/mol. The fourth-order valence-electron chi connectivity index (χ4n) is 1.49. The zero-order chi connectivity index (χ0) is 12.7. The van der Waals surface area contributed by atoms with Crippen molar-refractivity contribution in [3.8, 4) is 0 Å². The molecule has 1 aromatic rings. The van der Waals surface area contributed by atoms with Gasteiger partial charge >= 0.3 is 0 Å². The molecule has 0 saturated heterocycles. The minimum absolute atomic E-state index is 0.0492. The molecule has 0 aliphatic rings. The van der Waals surface area contributed by atoms with Crippen LogP contribution >= 0.6 is 11.6 Å². The van der Waals surface area contributed by atoms with Crippen LogP contribution in [-0.2, 0) is 4.74 Å². The lowest BCUT2D eigenvalue weighted by atomic mass is 10.2. The third kappa shape index (κ3) is 4.79. The molecule has 1 aromatic carbocycles. The summed E-state index contributed by atoms with van der Waals surface area (Å²) in [6.45, 7) is 1.53. The van der Waals surface area contributed by atoms with E-state index in [9.17, 15) is 4.39 Å². The largest absolute Gasteiger partial charge is 0.397 e. The van der Waals surface area contributed by atoms with Gasteiger partial charge in [-0.2, -0.15) is 0 Å². The fourth-order valence-corrected chi connectivity index (χ4v) is 1.66. The summed E-state index contributed by atoms with van der Waals surface area (Å²) in [4.78, 5) is 0. The van der Waals surface area contributed by atoms with Gasteiger partial charge in [-0.15, -0.1) is 0 Å². The van der Waals surface area contributed by atoms with Crippen LogP contribution in [0.3, 0.4) is 0 Å². The number of nitrogens with two attached hydrogens (primary N) is 1. The van der Waals surface area contributed by atoms with Gasteiger partial charge in [0.2, 0.25) is 0 Å². The molecule has 1 rings (SSSR count). The molecule has 0 unspecified atom stereocenters. The van der Waals surface area contributed by atoms with Gasteiger partial charge in [0.1, 0.15) is 5.82 Å². The maximum Gasteiger partial charge on any atom is 0.143 e. The molecule has 3 N–H and O–H groups in total. The quantitative estimate of drug-likeness (QED) is 0.584. The van der Waals surface area contributed by atoms with Crippen molar-refractivity contribution in [2.45, 2.75) is 19.3 Å². The second-order valence-corrected chi connectivity index (χ2v) is 4.24. The van der Waals surface area contributed by atoms with E-state index in [1.807, 2.05) is 0 Å². The highest BCUT2D eigenvalue weighted by Gasteiger charge is 2.05. The standard InChI is InChI=1S/C12H18ClFN2O/c1-17-6-4-2-3-5-16-12-8-10(14)9(13)7-11(12)15/h7-8,16H,2-6,15H2,1H3. The summed E-state index contributed by atoms with van der Waals surface area (Å²) in [7, 11) is 1.69. The summed E-state index contributed by atoms with van der Waals surface area (Å²) < 4.78 is 18.1. The average molecular weight is 261 g/mol. The van der Waals surface area contributed by atoms with E-state index in [0.29, 0.717) is 11.4 Å². The number of benzene rings is 1. The van der Waals surface area contributed by atoms with Crippen molar-refractivity contribution in [1.82, 2.24) is 0 Å². The number of ether oxygens (including phenoxy) is 1. The molecule has 17 heavy (non-hydrogen) atoms. The summed E-state index contributed by atoms with van der Waals surface area (Å²) in [6.07, 6.45) is 3.09. The molecule has 0 aromatic heterocycles. The maximum absolute atomic E-state index is 13.2. The first-order chi connectivity index (χ1) is 8.15. The second-order valence-electron chi connectivity index (χ2n) is 3.83. The van der Waals surface area contributed by atoms with Gasteiger partial charge in [-0.25, -0.2) is 4.39 Å². The zero-order valence-corrected chi connectivity index (χ0v) is 10.7. The lowest BCUT2D eigenvalue weighted by Crippen LogP contribution is -2.05. The van der Waals surface area contributed by atoms with E-state index in [0.717, 1.165) is 32.4 Å². The first-order valence-electron chi connectivity index (χ1n) is 5.62. The highest BCUT2D eigenvalue weighted by molar-refractivity contribution is 6.31. The Morgan fingerprint density at radius 2 is 2.12 bits per heavy atom. The van der Waals surface area contributed by atoms with E-state index in [1.54, 1.807) is 7.11 Å².